The molecule has 150 valence electrons. The van der Waals surface area contributed by atoms with Gasteiger partial charge in [-0.2, -0.15) is 10.1 Å². The van der Waals surface area contributed by atoms with Crippen molar-refractivity contribution in [1.82, 2.24) is 20.1 Å². The van der Waals surface area contributed by atoms with Crippen molar-refractivity contribution in [2.24, 2.45) is 0 Å². The molecule has 1 unspecified atom stereocenters. The Kier molecular flexibility index (Phi) is 5.90. The van der Waals surface area contributed by atoms with Gasteiger partial charge in [0.1, 0.15) is 0 Å². The smallest absolute Gasteiger partial charge is 0.249 e. The fourth-order valence-corrected chi connectivity index (χ4v) is 4.16. The molecule has 7 heteroatoms. The maximum Gasteiger partial charge on any atom is 0.249 e. The number of piperidine rings is 1. The molecule has 2 aromatic rings. The molecule has 0 spiro atoms. The minimum Gasteiger partial charge on any atom is -0.369 e. The summed E-state index contributed by atoms with van der Waals surface area (Å²) < 4.78 is 0. The zero-order valence-corrected chi connectivity index (χ0v) is 17.0. The van der Waals surface area contributed by atoms with Gasteiger partial charge in [-0.3, -0.25) is 0 Å². The molecule has 0 radical (unpaired) electrons. The van der Waals surface area contributed by atoms with Crippen molar-refractivity contribution in [3.05, 3.63) is 30.5 Å². The average molecular weight is 382 g/mol. The van der Waals surface area contributed by atoms with Crippen molar-refractivity contribution in [2.75, 3.05) is 54.9 Å². The fourth-order valence-electron chi connectivity index (χ4n) is 4.16. The van der Waals surface area contributed by atoms with Crippen LogP contribution in [-0.2, 0) is 0 Å². The number of nitrogens with zero attached hydrogens (tertiary/aromatic N) is 6. The predicted octanol–water partition coefficient (Wildman–Crippen LogP) is 3.14. The first-order valence-electron chi connectivity index (χ1n) is 10.5. The lowest BCUT2D eigenvalue weighted by atomic mass is 10.0. The van der Waals surface area contributed by atoms with Crippen molar-refractivity contribution in [2.45, 2.75) is 38.6 Å². The molecule has 2 aliphatic rings. The highest BCUT2D eigenvalue weighted by atomic mass is 15.3. The molecule has 2 aliphatic heterocycles. The van der Waals surface area contributed by atoms with Gasteiger partial charge in [-0.05, 0) is 57.0 Å². The van der Waals surface area contributed by atoms with Crippen molar-refractivity contribution in [3.8, 4) is 0 Å². The van der Waals surface area contributed by atoms with E-state index in [0.717, 1.165) is 50.6 Å². The minimum absolute atomic E-state index is 0.557. The van der Waals surface area contributed by atoms with Gasteiger partial charge in [0, 0.05) is 50.1 Å². The molecule has 3 heterocycles. The summed E-state index contributed by atoms with van der Waals surface area (Å²) >= 11 is 0. The van der Waals surface area contributed by atoms with Crippen molar-refractivity contribution in [1.29, 1.82) is 0 Å². The van der Waals surface area contributed by atoms with Crippen molar-refractivity contribution >= 4 is 23.1 Å². The summed E-state index contributed by atoms with van der Waals surface area (Å²) in [7, 11) is 2.18. The molecule has 2 saturated heterocycles. The molecule has 2 fully saturated rings. The third kappa shape index (κ3) is 4.35. The van der Waals surface area contributed by atoms with Gasteiger partial charge in [0.05, 0.1) is 6.20 Å². The Morgan fingerprint density at radius 3 is 2.57 bits per heavy atom. The highest BCUT2D eigenvalue weighted by molar-refractivity contribution is 5.60. The average Bonchev–Trinajstić information content (AvgIpc) is 2.75. The number of hydrogen-bond donors (Lipinski definition) is 1. The molecule has 7 nitrogen and oxygen atoms in total. The van der Waals surface area contributed by atoms with E-state index in [1.807, 2.05) is 0 Å². The van der Waals surface area contributed by atoms with E-state index in [9.17, 15) is 0 Å². The van der Waals surface area contributed by atoms with Gasteiger partial charge in [0.25, 0.3) is 0 Å². The monoisotopic (exact) mass is 381 g/mol. The molecular weight excluding hydrogens is 350 g/mol. The molecule has 1 aromatic carbocycles. The molecule has 28 heavy (non-hydrogen) atoms. The minimum atomic E-state index is 0.557. The van der Waals surface area contributed by atoms with E-state index in [-0.39, 0.29) is 0 Å². The van der Waals surface area contributed by atoms with Crippen LogP contribution in [0.3, 0.4) is 0 Å². The molecule has 0 saturated carbocycles. The van der Waals surface area contributed by atoms with Gasteiger partial charge >= 0.3 is 0 Å². The number of anilines is 4. The quantitative estimate of drug-likeness (QED) is 0.854. The van der Waals surface area contributed by atoms with Gasteiger partial charge in [-0.15, -0.1) is 5.10 Å². The lowest BCUT2D eigenvalue weighted by Crippen LogP contribution is -2.44. The zero-order valence-electron chi connectivity index (χ0n) is 17.0. The molecule has 0 amide bonds. The second-order valence-electron chi connectivity index (χ2n) is 7.85. The number of piperazine rings is 1. The first kappa shape index (κ1) is 18.9. The number of rotatable bonds is 5. The van der Waals surface area contributed by atoms with Gasteiger partial charge < -0.3 is 20.0 Å². The maximum absolute atomic E-state index is 4.74. The van der Waals surface area contributed by atoms with Crippen LogP contribution in [0.15, 0.2) is 30.5 Å². The maximum atomic E-state index is 4.74. The largest absolute Gasteiger partial charge is 0.369 e. The molecular formula is C21H31N7. The molecule has 1 N–H and O–H groups in total. The van der Waals surface area contributed by atoms with Crippen LogP contribution < -0.4 is 15.1 Å². The van der Waals surface area contributed by atoms with E-state index in [1.54, 1.807) is 6.20 Å². The summed E-state index contributed by atoms with van der Waals surface area (Å²) in [4.78, 5) is 11.9. The topological polar surface area (TPSA) is 60.4 Å². The number of hydrogen-bond acceptors (Lipinski definition) is 7. The number of benzene rings is 1. The van der Waals surface area contributed by atoms with Crippen molar-refractivity contribution < 1.29 is 0 Å². The number of nitrogens with one attached hydrogen (secondary N) is 1. The molecule has 1 aromatic heterocycles. The summed E-state index contributed by atoms with van der Waals surface area (Å²) in [6.07, 6.45) is 6.68. The SMILES string of the molecule is CCC1CCCCN1c1cnnc(Nc2ccc(N3CCN(C)CC3)cc2)n1. The summed E-state index contributed by atoms with van der Waals surface area (Å²) in [6, 6.07) is 9.09. The summed E-state index contributed by atoms with van der Waals surface area (Å²) in [5, 5.41) is 11.7. The van der Waals surface area contributed by atoms with E-state index in [1.165, 1.54) is 24.9 Å². The van der Waals surface area contributed by atoms with Crippen LogP contribution in [0, 0.1) is 0 Å². The summed E-state index contributed by atoms with van der Waals surface area (Å²) in [6.45, 7) is 7.68. The molecule has 4 rings (SSSR count). The Balaban J connectivity index is 1.43. The van der Waals surface area contributed by atoms with Crippen LogP contribution in [0.4, 0.5) is 23.1 Å². The lowest BCUT2D eigenvalue weighted by Gasteiger charge is -2.35. The van der Waals surface area contributed by atoms with E-state index in [0.29, 0.717) is 12.0 Å². The highest BCUT2D eigenvalue weighted by Crippen LogP contribution is 2.26. The molecule has 0 aliphatic carbocycles. The first-order valence-corrected chi connectivity index (χ1v) is 10.5. The van der Waals surface area contributed by atoms with Crippen LogP contribution in [-0.4, -0.2) is 65.9 Å². The van der Waals surface area contributed by atoms with Crippen LogP contribution in [0.1, 0.15) is 32.6 Å². The predicted molar refractivity (Wildman–Crippen MR) is 115 cm³/mol. The van der Waals surface area contributed by atoms with Gasteiger partial charge in [0.2, 0.25) is 5.95 Å². The highest BCUT2D eigenvalue weighted by Gasteiger charge is 2.22. The number of likely N-dealkylation sites (N-methyl/N-ethyl adjacent to an activating group) is 1. The van der Waals surface area contributed by atoms with E-state index >= 15 is 0 Å². The Labute approximate surface area is 167 Å². The fraction of sp³-hybridized carbons (Fsp3) is 0.571. The van der Waals surface area contributed by atoms with E-state index in [4.69, 9.17) is 4.98 Å². The van der Waals surface area contributed by atoms with Crippen molar-refractivity contribution in [3.63, 3.8) is 0 Å². The Bertz CT molecular complexity index is 756. The van der Waals surface area contributed by atoms with Gasteiger partial charge in [0.15, 0.2) is 5.82 Å². The molecule has 0 bridgehead atoms. The lowest BCUT2D eigenvalue weighted by molar-refractivity contribution is 0.313. The Morgan fingerprint density at radius 1 is 1.04 bits per heavy atom. The van der Waals surface area contributed by atoms with Crippen LogP contribution in [0.2, 0.25) is 0 Å². The van der Waals surface area contributed by atoms with Crippen LogP contribution in [0.5, 0.6) is 0 Å². The third-order valence-electron chi connectivity index (χ3n) is 5.93. The molecule has 1 atom stereocenters. The van der Waals surface area contributed by atoms with Crippen LogP contribution >= 0.6 is 0 Å². The second-order valence-corrected chi connectivity index (χ2v) is 7.85. The van der Waals surface area contributed by atoms with Gasteiger partial charge in [-0.1, -0.05) is 6.92 Å². The van der Waals surface area contributed by atoms with Crippen LogP contribution in [0.25, 0.3) is 0 Å². The zero-order chi connectivity index (χ0) is 19.3. The standard InChI is InChI=1S/C21H31N7/c1-3-18-6-4-5-11-28(18)20-16-22-25-21(24-20)23-17-7-9-19(10-8-17)27-14-12-26(2)13-15-27/h7-10,16,18H,3-6,11-15H2,1-2H3,(H,23,24,25). The van der Waals surface area contributed by atoms with E-state index < -0.39 is 0 Å². The number of aromatic nitrogens is 3. The normalized spacial score (nSPS) is 21.0. The third-order valence-corrected chi connectivity index (χ3v) is 5.93. The van der Waals surface area contributed by atoms with E-state index in [2.05, 4.69) is 68.5 Å². The first-order chi connectivity index (χ1) is 13.7. The van der Waals surface area contributed by atoms with Gasteiger partial charge in [-0.25, -0.2) is 0 Å². The summed E-state index contributed by atoms with van der Waals surface area (Å²) in [5.41, 5.74) is 2.26. The Hall–Kier alpha value is -2.41. The Morgan fingerprint density at radius 2 is 1.82 bits per heavy atom. The summed E-state index contributed by atoms with van der Waals surface area (Å²) in [5.74, 6) is 1.49. The second kappa shape index (κ2) is 8.73.